The van der Waals surface area contributed by atoms with Crippen LogP contribution in [0.5, 0.6) is 0 Å². The Hall–Kier alpha value is -2.34. The Bertz CT molecular complexity index is 836. The van der Waals surface area contributed by atoms with Gasteiger partial charge in [-0.25, -0.2) is 4.79 Å². The number of allylic oxidation sites excluding steroid dienone is 1. The van der Waals surface area contributed by atoms with E-state index in [4.69, 9.17) is 4.74 Å². The smallest absolute Gasteiger partial charge is 0.414 e. The number of amides is 2. The fourth-order valence-electron chi connectivity index (χ4n) is 4.60. The van der Waals surface area contributed by atoms with Crippen molar-refractivity contribution in [1.82, 2.24) is 4.90 Å². The number of likely N-dealkylation sites (N-methyl/N-ethyl adjacent to an activating group) is 1. The lowest BCUT2D eigenvalue weighted by atomic mass is 9.85. The summed E-state index contributed by atoms with van der Waals surface area (Å²) in [5, 5.41) is 0. The van der Waals surface area contributed by atoms with Crippen molar-refractivity contribution in [3.05, 3.63) is 35.9 Å². The van der Waals surface area contributed by atoms with Gasteiger partial charge in [-0.2, -0.15) is 0 Å². The van der Waals surface area contributed by atoms with Crippen LogP contribution >= 0.6 is 0 Å². The third-order valence-electron chi connectivity index (χ3n) is 6.18. The van der Waals surface area contributed by atoms with Crippen LogP contribution in [0.4, 0.5) is 16.2 Å². The van der Waals surface area contributed by atoms with Crippen LogP contribution in [0.1, 0.15) is 72.8 Å². The van der Waals surface area contributed by atoms with Gasteiger partial charge in [0.15, 0.2) is 0 Å². The van der Waals surface area contributed by atoms with Gasteiger partial charge in [-0.1, -0.05) is 18.6 Å². The molecule has 6 nitrogen and oxygen atoms in total. The molecule has 2 rings (SSSR count). The molecule has 0 N–H and O–H groups in total. The van der Waals surface area contributed by atoms with E-state index in [-0.39, 0.29) is 30.1 Å². The number of rotatable bonds is 8. The maximum absolute atomic E-state index is 13.0. The van der Waals surface area contributed by atoms with Gasteiger partial charge in [0.2, 0.25) is 5.91 Å². The molecule has 0 aromatic heterocycles. The molecule has 0 aliphatic carbocycles. The molecule has 0 spiro atoms. The number of carbonyl (C=O) groups excluding carboxylic acids is 2. The van der Waals surface area contributed by atoms with Gasteiger partial charge in [0.25, 0.3) is 0 Å². The van der Waals surface area contributed by atoms with Gasteiger partial charge in [-0.3, -0.25) is 9.69 Å². The summed E-state index contributed by atoms with van der Waals surface area (Å²) in [5.41, 5.74) is 3.75. The van der Waals surface area contributed by atoms with E-state index in [9.17, 15) is 9.59 Å². The highest BCUT2D eigenvalue weighted by Gasteiger charge is 2.35. The minimum atomic E-state index is -0.374. The third-order valence-corrected chi connectivity index (χ3v) is 6.18. The number of nitrogens with zero attached hydrogens (tertiary/aromatic N) is 3. The molecule has 178 valence electrons. The van der Waals surface area contributed by atoms with Gasteiger partial charge in [-0.15, -0.1) is 6.58 Å². The van der Waals surface area contributed by atoms with Crippen molar-refractivity contribution >= 4 is 23.4 Å². The lowest BCUT2D eigenvalue weighted by molar-refractivity contribution is -0.117. The van der Waals surface area contributed by atoms with Gasteiger partial charge >= 0.3 is 6.09 Å². The van der Waals surface area contributed by atoms with Gasteiger partial charge in [-0.05, 0) is 78.7 Å². The molecule has 32 heavy (non-hydrogen) atoms. The standard InChI is InChI=1S/C26H41N3O3/c1-10-13-27(9)20(7)23(14-17(2)3)22-11-12-24-25(15-22)28(26(31)32-18(4)5)16-19(6)29(24)21(8)30/h11-12,15,18-20,23H,2,10,13-14,16H2,1,3-9H3/t19-,20?,23?/m0/s1. The molecular weight excluding hydrogens is 402 g/mol. The average molecular weight is 444 g/mol. The van der Waals surface area contributed by atoms with Gasteiger partial charge in [0.1, 0.15) is 0 Å². The Morgan fingerprint density at radius 3 is 2.41 bits per heavy atom. The molecule has 1 aliphatic heterocycles. The molecule has 0 bridgehead atoms. The quantitative estimate of drug-likeness (QED) is 0.493. The average Bonchev–Trinajstić information content (AvgIpc) is 2.69. The Morgan fingerprint density at radius 2 is 1.88 bits per heavy atom. The van der Waals surface area contributed by atoms with Gasteiger partial charge in [0.05, 0.1) is 23.5 Å². The number of carbonyl (C=O) groups is 2. The highest BCUT2D eigenvalue weighted by molar-refractivity contribution is 6.02. The van der Waals surface area contributed by atoms with Crippen LogP contribution < -0.4 is 9.80 Å². The van der Waals surface area contributed by atoms with Crippen molar-refractivity contribution in [2.75, 3.05) is 29.9 Å². The van der Waals surface area contributed by atoms with E-state index < -0.39 is 0 Å². The molecule has 6 heteroatoms. The largest absolute Gasteiger partial charge is 0.446 e. The van der Waals surface area contributed by atoms with E-state index in [0.717, 1.165) is 41.9 Å². The summed E-state index contributed by atoms with van der Waals surface area (Å²) in [6.45, 7) is 19.3. The highest BCUT2D eigenvalue weighted by Crippen LogP contribution is 2.40. The molecule has 1 aromatic rings. The fourth-order valence-corrected chi connectivity index (χ4v) is 4.60. The third kappa shape index (κ3) is 5.91. The zero-order valence-electron chi connectivity index (χ0n) is 21.1. The Balaban J connectivity index is 2.57. The van der Waals surface area contributed by atoms with Crippen molar-refractivity contribution in [3.8, 4) is 0 Å². The summed E-state index contributed by atoms with van der Waals surface area (Å²) < 4.78 is 5.53. The Morgan fingerprint density at radius 1 is 1.22 bits per heavy atom. The van der Waals surface area contributed by atoms with Crippen LogP contribution in [0.2, 0.25) is 0 Å². The summed E-state index contributed by atoms with van der Waals surface area (Å²) in [4.78, 5) is 31.2. The summed E-state index contributed by atoms with van der Waals surface area (Å²) in [7, 11) is 2.16. The second kappa shape index (κ2) is 11.0. The molecule has 2 unspecified atom stereocenters. The SMILES string of the molecule is C=C(C)CC(c1ccc2c(c1)N(C(=O)OC(C)C)C[C@H](C)N2C(C)=O)C(C)N(C)CCC. The topological polar surface area (TPSA) is 53.1 Å². The maximum atomic E-state index is 13.0. The minimum Gasteiger partial charge on any atom is -0.446 e. The number of fused-ring (bicyclic) bond motifs is 1. The molecule has 2 amide bonds. The number of hydrogen-bond acceptors (Lipinski definition) is 4. The van der Waals surface area contributed by atoms with E-state index in [1.54, 1.807) is 16.7 Å². The highest BCUT2D eigenvalue weighted by atomic mass is 16.6. The predicted molar refractivity (Wildman–Crippen MR) is 133 cm³/mol. The fraction of sp³-hybridized carbons (Fsp3) is 0.615. The molecular formula is C26H41N3O3. The van der Waals surface area contributed by atoms with E-state index in [1.165, 1.54) is 0 Å². The number of hydrogen-bond donors (Lipinski definition) is 0. The van der Waals surface area contributed by atoms with Crippen LogP contribution in [0, 0.1) is 0 Å². The zero-order valence-corrected chi connectivity index (χ0v) is 21.1. The normalized spacial score (nSPS) is 17.9. The molecule has 1 aromatic carbocycles. The molecule has 1 aliphatic rings. The lowest BCUT2D eigenvalue weighted by Gasteiger charge is -2.41. The molecule has 0 radical (unpaired) electrons. The van der Waals surface area contributed by atoms with E-state index in [2.05, 4.69) is 51.4 Å². The first-order valence-corrected chi connectivity index (χ1v) is 11.7. The summed E-state index contributed by atoms with van der Waals surface area (Å²) in [6.07, 6.45) is 1.36. The Kier molecular flexibility index (Phi) is 8.90. The molecule has 0 saturated carbocycles. The van der Waals surface area contributed by atoms with E-state index in [1.807, 2.05) is 26.8 Å². The number of anilines is 2. The number of ether oxygens (including phenoxy) is 1. The van der Waals surface area contributed by atoms with Crippen molar-refractivity contribution in [1.29, 1.82) is 0 Å². The van der Waals surface area contributed by atoms with Crippen molar-refractivity contribution in [2.24, 2.45) is 0 Å². The van der Waals surface area contributed by atoms with Gasteiger partial charge < -0.3 is 14.5 Å². The second-order valence-corrected chi connectivity index (χ2v) is 9.52. The minimum absolute atomic E-state index is 0.0297. The zero-order chi connectivity index (χ0) is 24.2. The van der Waals surface area contributed by atoms with Crippen molar-refractivity contribution in [2.45, 2.75) is 85.4 Å². The first kappa shape index (κ1) is 25.9. The second-order valence-electron chi connectivity index (χ2n) is 9.52. The Labute approximate surface area is 194 Å². The predicted octanol–water partition coefficient (Wildman–Crippen LogP) is 5.57. The van der Waals surface area contributed by atoms with E-state index in [0.29, 0.717) is 12.6 Å². The molecule has 0 fully saturated rings. The first-order valence-electron chi connectivity index (χ1n) is 11.7. The summed E-state index contributed by atoms with van der Waals surface area (Å²) in [5.74, 6) is 0.195. The van der Waals surface area contributed by atoms with Crippen molar-refractivity contribution in [3.63, 3.8) is 0 Å². The number of benzene rings is 1. The summed E-state index contributed by atoms with van der Waals surface area (Å²) >= 11 is 0. The van der Waals surface area contributed by atoms with Crippen LogP contribution in [0.15, 0.2) is 30.4 Å². The molecule has 3 atom stereocenters. The van der Waals surface area contributed by atoms with Crippen LogP contribution in [0.25, 0.3) is 0 Å². The first-order chi connectivity index (χ1) is 15.0. The molecule has 1 heterocycles. The monoisotopic (exact) mass is 443 g/mol. The van der Waals surface area contributed by atoms with Crippen LogP contribution in [-0.4, -0.2) is 55.2 Å². The lowest BCUT2D eigenvalue weighted by Crippen LogP contribution is -2.51. The van der Waals surface area contributed by atoms with Crippen LogP contribution in [-0.2, 0) is 9.53 Å². The maximum Gasteiger partial charge on any atom is 0.414 e. The van der Waals surface area contributed by atoms with Crippen LogP contribution in [0.3, 0.4) is 0 Å². The van der Waals surface area contributed by atoms with E-state index >= 15 is 0 Å². The van der Waals surface area contributed by atoms with Crippen molar-refractivity contribution < 1.29 is 14.3 Å². The van der Waals surface area contributed by atoms with Gasteiger partial charge in [0, 0.05) is 25.4 Å². The molecule has 0 saturated heterocycles. The summed E-state index contributed by atoms with van der Waals surface area (Å²) in [6, 6.07) is 6.32.